The predicted octanol–water partition coefficient (Wildman–Crippen LogP) is 11.1. The second kappa shape index (κ2) is 20.0. The molecule has 0 aliphatic rings. The summed E-state index contributed by atoms with van der Waals surface area (Å²) in [5, 5.41) is 3.64. The first-order chi connectivity index (χ1) is 34.0. The van der Waals surface area contributed by atoms with Crippen LogP contribution in [0.3, 0.4) is 0 Å². The number of rotatable bonds is 9. The van der Waals surface area contributed by atoms with E-state index in [-0.39, 0.29) is 0 Å². The van der Waals surface area contributed by atoms with Crippen LogP contribution in [0.2, 0.25) is 0 Å². The van der Waals surface area contributed by atoms with Gasteiger partial charge in [-0.2, -0.15) is 0 Å². The largest absolute Gasteiger partial charge is 0.334 e. The SMILES string of the molecule is Cc1cccc(O[P+](c2ccccc2)(c2ccccc2)c2ccccc2)c1.Fc1c(F)c(F)c([B-](c2c(F)c(F)c(F)c(F)c2F)(c2c(F)c(F)c(F)c(F)c2F)c2c(F)c(F)c(F)c(F)c2F)c(F)c1F. The third kappa shape index (κ3) is 8.27. The highest BCUT2D eigenvalue weighted by atomic mass is 31.2. The molecule has 72 heavy (non-hydrogen) atoms. The fourth-order valence-electron chi connectivity index (χ4n) is 8.22. The maximum absolute atomic E-state index is 15.4. The van der Waals surface area contributed by atoms with Gasteiger partial charge in [0.1, 0.15) is 68.6 Å². The summed E-state index contributed by atoms with van der Waals surface area (Å²) in [5.41, 5.74) is -13.1. The van der Waals surface area contributed by atoms with E-state index in [4.69, 9.17) is 4.52 Å². The van der Waals surface area contributed by atoms with Crippen LogP contribution in [0.1, 0.15) is 5.56 Å². The standard InChI is InChI=1S/C25H22OP.C24BF20/c1-21-12-11-13-22(20-21)26-27(23-14-5-2-6-15-23,24-16-7-3-8-17-24)25-18-9-4-10-19-25;26-5-1(6(27)14(35)21(42)13(5)34)25(2-7(28)15(36)22(43)16(37)8(2)29,3-9(30)17(38)23(44)18(39)10(3)31)4-11(32)19(40)24(45)20(41)12(4)33/h2-20H,1H3;/q+1;-1. The molecule has 0 atom stereocenters. The van der Waals surface area contributed by atoms with E-state index < -0.39 is 152 Å². The number of benzene rings is 8. The lowest BCUT2D eigenvalue weighted by molar-refractivity contribution is 0.378. The van der Waals surface area contributed by atoms with Gasteiger partial charge in [-0.1, -0.05) is 66.7 Å². The molecular weight excluding hydrogens is 1030 g/mol. The van der Waals surface area contributed by atoms with Crippen molar-refractivity contribution in [2.45, 2.75) is 6.92 Å². The van der Waals surface area contributed by atoms with Gasteiger partial charge in [0, 0.05) is 0 Å². The zero-order valence-electron chi connectivity index (χ0n) is 35.5. The molecule has 0 spiro atoms. The Morgan fingerprint density at radius 3 is 0.722 bits per heavy atom. The lowest BCUT2D eigenvalue weighted by Crippen LogP contribution is -2.81. The van der Waals surface area contributed by atoms with Crippen LogP contribution in [0.5, 0.6) is 5.75 Å². The van der Waals surface area contributed by atoms with Crippen molar-refractivity contribution in [3.63, 3.8) is 0 Å². The summed E-state index contributed by atoms with van der Waals surface area (Å²) in [6.07, 6.45) is -7.22. The fourth-order valence-corrected chi connectivity index (χ4v) is 11.6. The molecule has 0 aliphatic carbocycles. The lowest BCUT2D eigenvalue weighted by atomic mass is 9.12. The van der Waals surface area contributed by atoms with Crippen LogP contribution in [0, 0.1) is 123 Å². The minimum atomic E-state index is -7.22. The summed E-state index contributed by atoms with van der Waals surface area (Å²) in [4.78, 5) is 0. The van der Waals surface area contributed by atoms with E-state index in [9.17, 15) is 52.7 Å². The minimum Gasteiger partial charge on any atom is -0.334 e. The van der Waals surface area contributed by atoms with Gasteiger partial charge in [0.15, 0.2) is 75.6 Å². The summed E-state index contributed by atoms with van der Waals surface area (Å²) in [7, 11) is -2.29. The molecule has 23 heteroatoms. The summed E-state index contributed by atoms with van der Waals surface area (Å²) >= 11 is 0. The Bertz CT molecular complexity index is 2920. The van der Waals surface area contributed by atoms with Gasteiger partial charge in [0.25, 0.3) is 7.49 Å². The molecule has 0 aliphatic heterocycles. The van der Waals surface area contributed by atoms with E-state index in [1.165, 1.54) is 21.5 Å². The van der Waals surface area contributed by atoms with Crippen LogP contribution in [0.25, 0.3) is 0 Å². The Hall–Kier alpha value is -7.35. The Labute approximate surface area is 392 Å². The molecule has 0 fully saturated rings. The van der Waals surface area contributed by atoms with Crippen LogP contribution in [-0.4, -0.2) is 6.15 Å². The molecule has 0 amide bonds. The molecule has 1 nitrogen and oxygen atoms in total. The molecular formula is C49H22BF20OP. The van der Waals surface area contributed by atoms with Gasteiger partial charge in [0.05, 0.1) is 0 Å². The van der Waals surface area contributed by atoms with Gasteiger partial charge in [-0.3, -0.25) is 0 Å². The Morgan fingerprint density at radius 1 is 0.278 bits per heavy atom. The molecule has 372 valence electrons. The monoisotopic (exact) mass is 1050 g/mol. The van der Waals surface area contributed by atoms with Crippen LogP contribution >= 0.6 is 7.49 Å². The molecule has 8 aromatic rings. The first-order valence-electron chi connectivity index (χ1n) is 20.0. The molecule has 0 saturated carbocycles. The van der Waals surface area contributed by atoms with Crippen LogP contribution < -0.4 is 42.3 Å². The molecule has 0 heterocycles. The van der Waals surface area contributed by atoms with E-state index >= 15 is 35.1 Å². The molecule has 0 aromatic heterocycles. The van der Waals surface area contributed by atoms with Gasteiger partial charge in [-0.25, -0.2) is 87.8 Å². The Kier molecular flexibility index (Phi) is 14.6. The van der Waals surface area contributed by atoms with Gasteiger partial charge >= 0.3 is 0 Å². The van der Waals surface area contributed by atoms with Crippen molar-refractivity contribution < 1.29 is 92.3 Å². The quantitative estimate of drug-likeness (QED) is 0.0460. The molecule has 0 N–H and O–H groups in total. The third-order valence-electron chi connectivity index (χ3n) is 11.3. The van der Waals surface area contributed by atoms with Gasteiger partial charge in [-0.05, 0) is 61.0 Å². The molecule has 0 unspecified atom stereocenters. The maximum atomic E-state index is 15.4. The van der Waals surface area contributed by atoms with E-state index in [1.807, 2.05) is 0 Å². The van der Waals surface area contributed by atoms with Crippen molar-refractivity contribution in [3.05, 3.63) is 237 Å². The topological polar surface area (TPSA) is 9.23 Å². The average molecular weight is 1050 g/mol. The summed E-state index contributed by atoms with van der Waals surface area (Å²) in [5.74, 6) is -70.5. The average Bonchev–Trinajstić information content (AvgIpc) is 3.38. The fraction of sp³-hybridized carbons (Fsp3) is 0.0204. The highest BCUT2D eigenvalue weighted by Gasteiger charge is 2.53. The molecule has 8 aromatic carbocycles. The van der Waals surface area contributed by atoms with Crippen molar-refractivity contribution in [2.75, 3.05) is 0 Å². The summed E-state index contributed by atoms with van der Waals surface area (Å²) in [6, 6.07) is 40.2. The lowest BCUT2D eigenvalue weighted by Gasteiger charge is -2.44. The van der Waals surface area contributed by atoms with E-state index in [1.54, 1.807) is 0 Å². The zero-order valence-corrected chi connectivity index (χ0v) is 36.4. The van der Waals surface area contributed by atoms with Crippen molar-refractivity contribution in [2.24, 2.45) is 0 Å². The van der Waals surface area contributed by atoms with Crippen molar-refractivity contribution in [1.82, 2.24) is 0 Å². The Morgan fingerprint density at radius 2 is 0.500 bits per heavy atom. The van der Waals surface area contributed by atoms with Crippen molar-refractivity contribution >= 4 is 51.4 Å². The van der Waals surface area contributed by atoms with E-state index in [0.29, 0.717) is 0 Å². The molecule has 0 saturated heterocycles. The van der Waals surface area contributed by atoms with Gasteiger partial charge in [0.2, 0.25) is 0 Å². The Balaban J connectivity index is 0.000000238. The van der Waals surface area contributed by atoms with Crippen LogP contribution in [0.15, 0.2) is 115 Å². The maximum Gasteiger partial charge on any atom is 0.287 e. The van der Waals surface area contributed by atoms with Gasteiger partial charge in [-0.15, -0.1) is 21.9 Å². The first kappa shape index (κ1) is 52.5. The van der Waals surface area contributed by atoms with Gasteiger partial charge < -0.3 is 4.52 Å². The second-order valence-corrected chi connectivity index (χ2v) is 18.3. The number of halogens is 20. The van der Waals surface area contributed by atoms with E-state index in [2.05, 4.69) is 122 Å². The number of aryl methyl sites for hydroxylation is 1. The van der Waals surface area contributed by atoms with Crippen LogP contribution in [-0.2, 0) is 0 Å². The van der Waals surface area contributed by atoms with Crippen LogP contribution in [0.4, 0.5) is 87.8 Å². The highest BCUT2D eigenvalue weighted by molar-refractivity contribution is 7.92. The first-order valence-corrected chi connectivity index (χ1v) is 21.8. The zero-order chi connectivity index (χ0) is 52.9. The number of hydrogen-bond donors (Lipinski definition) is 0. The summed E-state index contributed by atoms with van der Waals surface area (Å²) in [6.45, 7) is 2.10. The molecule has 0 radical (unpaired) electrons. The normalized spacial score (nSPS) is 11.7. The molecule has 8 rings (SSSR count). The smallest absolute Gasteiger partial charge is 0.287 e. The highest BCUT2D eigenvalue weighted by Crippen LogP contribution is 2.56. The predicted molar refractivity (Wildman–Crippen MR) is 226 cm³/mol. The van der Waals surface area contributed by atoms with E-state index in [0.717, 1.165) is 5.75 Å². The van der Waals surface area contributed by atoms with Crippen molar-refractivity contribution in [3.8, 4) is 5.75 Å². The minimum absolute atomic E-state index is 0.903. The number of hydrogen-bond acceptors (Lipinski definition) is 1. The second-order valence-electron chi connectivity index (χ2n) is 15.3. The molecule has 0 bridgehead atoms. The summed E-state index contributed by atoms with van der Waals surface area (Å²) < 4.78 is 301. The van der Waals surface area contributed by atoms with Crippen molar-refractivity contribution in [1.29, 1.82) is 0 Å². The third-order valence-corrected chi connectivity index (χ3v) is 14.9.